The monoisotopic (exact) mass is 274 g/mol. The number of anilines is 1. The molecule has 0 unspecified atom stereocenters. The maximum Gasteiger partial charge on any atom is 0.250 e. The third-order valence-corrected chi connectivity index (χ3v) is 2.70. The second kappa shape index (κ2) is 6.56. The van der Waals surface area contributed by atoms with Crippen LogP contribution >= 0.6 is 0 Å². The minimum atomic E-state index is -0.497. The summed E-state index contributed by atoms with van der Waals surface area (Å²) >= 11 is 0. The molecule has 1 amide bonds. The highest BCUT2D eigenvalue weighted by atomic mass is 19.1. The molecule has 0 saturated carbocycles. The molecule has 0 bridgehead atoms. The minimum Gasteiger partial charge on any atom is -0.489 e. The summed E-state index contributed by atoms with van der Waals surface area (Å²) in [6, 6.07) is 13.1. The van der Waals surface area contributed by atoms with E-state index in [1.807, 2.05) is 0 Å². The van der Waals surface area contributed by atoms with Crippen molar-refractivity contribution in [1.82, 2.24) is 0 Å². The van der Waals surface area contributed by atoms with Crippen LogP contribution in [0.1, 0.15) is 10.4 Å². The number of para-hydroxylation sites is 2. The maximum atomic E-state index is 13.3. The highest BCUT2D eigenvalue weighted by molar-refractivity contribution is 5.98. The van der Waals surface area contributed by atoms with Gasteiger partial charge in [-0.2, -0.15) is 0 Å². The Hall–Kier alpha value is -2.56. The van der Waals surface area contributed by atoms with Gasteiger partial charge in [0.15, 0.2) is 11.6 Å². The molecule has 0 aliphatic carbocycles. The number of primary amides is 1. The smallest absolute Gasteiger partial charge is 0.250 e. The van der Waals surface area contributed by atoms with Crippen LogP contribution in [-0.2, 0) is 0 Å². The molecule has 2 aromatic rings. The summed E-state index contributed by atoms with van der Waals surface area (Å²) in [6.07, 6.45) is 0. The Morgan fingerprint density at radius 3 is 2.60 bits per heavy atom. The summed E-state index contributed by atoms with van der Waals surface area (Å²) in [5.41, 5.74) is 6.32. The zero-order valence-corrected chi connectivity index (χ0v) is 10.8. The van der Waals surface area contributed by atoms with Crippen molar-refractivity contribution in [1.29, 1.82) is 0 Å². The van der Waals surface area contributed by atoms with E-state index in [1.165, 1.54) is 6.07 Å². The first-order chi connectivity index (χ1) is 9.68. The van der Waals surface area contributed by atoms with E-state index in [9.17, 15) is 9.18 Å². The second-order valence-corrected chi connectivity index (χ2v) is 4.12. The third-order valence-electron chi connectivity index (χ3n) is 2.70. The zero-order valence-electron chi connectivity index (χ0n) is 10.8. The zero-order chi connectivity index (χ0) is 14.4. The van der Waals surface area contributed by atoms with E-state index >= 15 is 0 Å². The van der Waals surface area contributed by atoms with Crippen molar-refractivity contribution in [3.8, 4) is 5.75 Å². The molecule has 0 spiro atoms. The Bertz CT molecular complexity index is 602. The molecule has 0 fully saturated rings. The van der Waals surface area contributed by atoms with Crippen LogP contribution in [0.5, 0.6) is 5.75 Å². The number of halogens is 1. The van der Waals surface area contributed by atoms with Crippen molar-refractivity contribution >= 4 is 11.6 Å². The average molecular weight is 274 g/mol. The number of amides is 1. The number of hydrogen-bond acceptors (Lipinski definition) is 3. The van der Waals surface area contributed by atoms with Crippen LogP contribution in [0.25, 0.3) is 0 Å². The van der Waals surface area contributed by atoms with Gasteiger partial charge in [-0.05, 0) is 24.3 Å². The quantitative estimate of drug-likeness (QED) is 0.795. The summed E-state index contributed by atoms with van der Waals surface area (Å²) in [4.78, 5) is 11.2. The van der Waals surface area contributed by atoms with E-state index in [-0.39, 0.29) is 12.4 Å². The van der Waals surface area contributed by atoms with Gasteiger partial charge in [-0.3, -0.25) is 4.79 Å². The van der Waals surface area contributed by atoms with Gasteiger partial charge in [0.05, 0.1) is 5.56 Å². The minimum absolute atomic E-state index is 0.206. The number of benzene rings is 2. The molecule has 0 heterocycles. The Kier molecular flexibility index (Phi) is 4.55. The van der Waals surface area contributed by atoms with Crippen molar-refractivity contribution in [2.75, 3.05) is 18.5 Å². The molecular weight excluding hydrogens is 259 g/mol. The van der Waals surface area contributed by atoms with Crippen LogP contribution < -0.4 is 15.8 Å². The van der Waals surface area contributed by atoms with Gasteiger partial charge in [-0.25, -0.2) is 4.39 Å². The number of carbonyl (C=O) groups is 1. The van der Waals surface area contributed by atoms with E-state index in [2.05, 4.69) is 5.32 Å². The van der Waals surface area contributed by atoms with Crippen LogP contribution in [-0.4, -0.2) is 19.1 Å². The number of ether oxygens (including phenoxy) is 1. The van der Waals surface area contributed by atoms with Gasteiger partial charge < -0.3 is 15.8 Å². The van der Waals surface area contributed by atoms with Crippen molar-refractivity contribution in [2.45, 2.75) is 0 Å². The third kappa shape index (κ3) is 3.47. The highest BCUT2D eigenvalue weighted by Crippen LogP contribution is 2.16. The Labute approximate surface area is 116 Å². The largest absolute Gasteiger partial charge is 0.489 e. The molecule has 104 valence electrons. The van der Waals surface area contributed by atoms with Gasteiger partial charge in [-0.15, -0.1) is 0 Å². The fraction of sp³-hybridized carbons (Fsp3) is 0.133. The van der Waals surface area contributed by atoms with Gasteiger partial charge in [-0.1, -0.05) is 24.3 Å². The molecule has 0 atom stereocenters. The van der Waals surface area contributed by atoms with Crippen LogP contribution in [0.4, 0.5) is 10.1 Å². The van der Waals surface area contributed by atoms with Gasteiger partial charge >= 0.3 is 0 Å². The normalized spacial score (nSPS) is 10.1. The number of nitrogens with one attached hydrogen (secondary N) is 1. The predicted octanol–water partition coefficient (Wildman–Crippen LogP) is 2.42. The molecule has 0 aliphatic rings. The first-order valence-corrected chi connectivity index (χ1v) is 6.18. The van der Waals surface area contributed by atoms with E-state index in [0.717, 1.165) is 0 Å². The fourth-order valence-electron chi connectivity index (χ4n) is 1.76. The van der Waals surface area contributed by atoms with Gasteiger partial charge in [0, 0.05) is 12.2 Å². The van der Waals surface area contributed by atoms with E-state index in [1.54, 1.807) is 42.5 Å². The first-order valence-electron chi connectivity index (χ1n) is 6.18. The van der Waals surface area contributed by atoms with Crippen molar-refractivity contribution in [2.24, 2.45) is 5.73 Å². The first kappa shape index (κ1) is 13.9. The van der Waals surface area contributed by atoms with Crippen LogP contribution in [0.15, 0.2) is 48.5 Å². The molecule has 5 heteroatoms. The SMILES string of the molecule is NC(=O)c1ccccc1NCCOc1ccccc1F. The summed E-state index contributed by atoms with van der Waals surface area (Å²) in [7, 11) is 0. The molecule has 0 aromatic heterocycles. The van der Waals surface area contributed by atoms with Crippen molar-refractivity contribution in [3.63, 3.8) is 0 Å². The highest BCUT2D eigenvalue weighted by Gasteiger charge is 2.06. The van der Waals surface area contributed by atoms with Gasteiger partial charge in [0.2, 0.25) is 0 Å². The van der Waals surface area contributed by atoms with Gasteiger partial charge in [0.25, 0.3) is 5.91 Å². The molecule has 2 rings (SSSR count). The van der Waals surface area contributed by atoms with Gasteiger partial charge in [0.1, 0.15) is 6.61 Å². The molecule has 3 N–H and O–H groups in total. The molecule has 0 radical (unpaired) electrons. The number of hydrogen-bond donors (Lipinski definition) is 2. The summed E-state index contributed by atoms with van der Waals surface area (Å²) in [6.45, 7) is 0.701. The molecule has 20 heavy (non-hydrogen) atoms. The summed E-state index contributed by atoms with van der Waals surface area (Å²) in [5, 5.41) is 3.04. The maximum absolute atomic E-state index is 13.3. The van der Waals surface area contributed by atoms with E-state index in [4.69, 9.17) is 10.5 Å². The molecule has 0 aliphatic heterocycles. The number of rotatable bonds is 6. The number of carbonyl (C=O) groups excluding carboxylic acids is 1. The lowest BCUT2D eigenvalue weighted by molar-refractivity contribution is 0.100. The Morgan fingerprint density at radius 1 is 1.15 bits per heavy atom. The molecular formula is C15H15FN2O2. The summed E-state index contributed by atoms with van der Waals surface area (Å²) in [5.74, 6) is -0.689. The molecule has 2 aromatic carbocycles. The van der Waals surface area contributed by atoms with E-state index < -0.39 is 11.7 Å². The topological polar surface area (TPSA) is 64.4 Å². The van der Waals surface area contributed by atoms with Crippen LogP contribution in [0, 0.1) is 5.82 Å². The Balaban J connectivity index is 1.88. The van der Waals surface area contributed by atoms with Crippen LogP contribution in [0.3, 0.4) is 0 Å². The average Bonchev–Trinajstić information content (AvgIpc) is 2.45. The lowest BCUT2D eigenvalue weighted by Gasteiger charge is -2.11. The molecule has 4 nitrogen and oxygen atoms in total. The fourth-order valence-corrected chi connectivity index (χ4v) is 1.76. The van der Waals surface area contributed by atoms with Crippen LogP contribution in [0.2, 0.25) is 0 Å². The van der Waals surface area contributed by atoms with Crippen molar-refractivity contribution < 1.29 is 13.9 Å². The predicted molar refractivity (Wildman–Crippen MR) is 75.3 cm³/mol. The van der Waals surface area contributed by atoms with Crippen molar-refractivity contribution in [3.05, 3.63) is 59.9 Å². The lowest BCUT2D eigenvalue weighted by atomic mass is 10.1. The molecule has 0 saturated heterocycles. The Morgan fingerprint density at radius 2 is 1.85 bits per heavy atom. The summed E-state index contributed by atoms with van der Waals surface area (Å²) < 4.78 is 18.6. The lowest BCUT2D eigenvalue weighted by Crippen LogP contribution is -2.17. The second-order valence-electron chi connectivity index (χ2n) is 4.12. The number of nitrogens with two attached hydrogens (primary N) is 1. The standard InChI is InChI=1S/C15H15FN2O2/c16-12-6-2-4-8-14(12)20-10-9-18-13-7-3-1-5-11(13)15(17)19/h1-8,18H,9-10H2,(H2,17,19). The van der Waals surface area contributed by atoms with E-state index in [0.29, 0.717) is 17.8 Å².